The van der Waals surface area contributed by atoms with Crippen molar-refractivity contribution in [2.45, 2.75) is 150 Å². The molecule has 0 saturated heterocycles. The van der Waals surface area contributed by atoms with Crippen molar-refractivity contribution < 1.29 is 33.7 Å². The highest BCUT2D eigenvalue weighted by Crippen LogP contribution is 2.74. The van der Waals surface area contributed by atoms with Gasteiger partial charge < -0.3 is 19.3 Å². The lowest BCUT2D eigenvalue weighted by molar-refractivity contribution is -0.237. The summed E-state index contributed by atoms with van der Waals surface area (Å²) in [6.07, 6.45) is 6.93. The minimum atomic E-state index is -0.740. The molecule has 3 fully saturated rings. The third-order valence-corrected chi connectivity index (χ3v) is 13.4. The lowest BCUT2D eigenvalue weighted by Gasteiger charge is -2.70. The number of rotatable bonds is 7. The van der Waals surface area contributed by atoms with Crippen LogP contribution in [-0.2, 0) is 28.6 Å². The van der Waals surface area contributed by atoms with E-state index in [1.165, 1.54) is 0 Å². The summed E-state index contributed by atoms with van der Waals surface area (Å²) in [5, 5.41) is 10.3. The zero-order valence-electron chi connectivity index (χ0n) is 27.2. The predicted molar refractivity (Wildman–Crippen MR) is 159 cm³/mol. The van der Waals surface area contributed by atoms with Crippen molar-refractivity contribution >= 4 is 17.9 Å². The summed E-state index contributed by atoms with van der Waals surface area (Å²) in [7, 11) is 0. The van der Waals surface area contributed by atoms with Gasteiger partial charge >= 0.3 is 17.9 Å². The van der Waals surface area contributed by atoms with Crippen molar-refractivity contribution in [3.8, 4) is 0 Å². The first-order chi connectivity index (χ1) is 19.7. The molecule has 7 heteroatoms. The van der Waals surface area contributed by atoms with E-state index in [0.29, 0.717) is 25.2 Å². The summed E-state index contributed by atoms with van der Waals surface area (Å²) in [6, 6.07) is 0. The van der Waals surface area contributed by atoms with Gasteiger partial charge in [-0.2, -0.15) is 0 Å². The van der Waals surface area contributed by atoms with Gasteiger partial charge in [-0.1, -0.05) is 48.0 Å². The second-order valence-corrected chi connectivity index (χ2v) is 15.3. The minimum Gasteiger partial charge on any atom is -0.462 e. The number of carbonyl (C=O) groups excluding carboxylic acids is 3. The first kappa shape index (κ1) is 31.5. The Morgan fingerprint density at radius 3 is 2.36 bits per heavy atom. The molecule has 0 amide bonds. The Morgan fingerprint density at radius 2 is 1.69 bits per heavy atom. The number of cyclic esters (lactones) is 1. The molecule has 0 radical (unpaired) electrons. The van der Waals surface area contributed by atoms with E-state index in [-0.39, 0.29) is 58.6 Å². The molecule has 11 atom stereocenters. The number of fused-ring (bicyclic) bond motifs is 6. The molecule has 1 unspecified atom stereocenters. The maximum absolute atomic E-state index is 13.5. The van der Waals surface area contributed by atoms with E-state index in [1.54, 1.807) is 0 Å². The molecule has 4 aliphatic carbocycles. The number of hydrogen-bond donors (Lipinski definition) is 1. The number of ether oxygens (including phenoxy) is 3. The molecule has 5 rings (SSSR count). The van der Waals surface area contributed by atoms with Gasteiger partial charge in [-0.25, -0.2) is 4.79 Å². The van der Waals surface area contributed by atoms with Crippen LogP contribution in [0.25, 0.3) is 0 Å². The van der Waals surface area contributed by atoms with Crippen molar-refractivity contribution in [1.29, 1.82) is 0 Å². The van der Waals surface area contributed by atoms with Crippen LogP contribution < -0.4 is 0 Å². The van der Waals surface area contributed by atoms with Gasteiger partial charge in [0.1, 0.15) is 18.3 Å². The Morgan fingerprint density at radius 1 is 1.00 bits per heavy atom. The first-order valence-corrected chi connectivity index (χ1v) is 16.7. The van der Waals surface area contributed by atoms with Crippen LogP contribution in [0.3, 0.4) is 0 Å². The third-order valence-electron chi connectivity index (χ3n) is 13.4. The van der Waals surface area contributed by atoms with Gasteiger partial charge in [0.05, 0.1) is 12.5 Å². The summed E-state index contributed by atoms with van der Waals surface area (Å²) in [5.74, 6) is 0.0236. The van der Waals surface area contributed by atoms with Crippen LogP contribution in [-0.4, -0.2) is 47.4 Å². The van der Waals surface area contributed by atoms with Gasteiger partial charge in [0, 0.05) is 22.8 Å². The van der Waals surface area contributed by atoms with E-state index in [2.05, 4.69) is 34.6 Å². The van der Waals surface area contributed by atoms with E-state index in [1.807, 2.05) is 20.8 Å². The van der Waals surface area contributed by atoms with Crippen LogP contribution in [0.2, 0.25) is 0 Å². The SMILES string of the molecule is CCC(=O)O[C@@H](C)[C@@]1(C)CCC[C@@]2(C)[C@H]1CC[C@]1(C)[C@@H]2C[C@H](OC(=O)CC(O)CC)[C@]2(C)C3=C(CC[C@@H]12)[C@@H](C)OC3=O. The van der Waals surface area contributed by atoms with Crippen molar-refractivity contribution in [2.24, 2.45) is 39.4 Å². The van der Waals surface area contributed by atoms with E-state index < -0.39 is 23.6 Å². The molecule has 0 aromatic carbocycles. The van der Waals surface area contributed by atoms with Crippen LogP contribution in [0.5, 0.6) is 0 Å². The Hall–Kier alpha value is -1.89. The second kappa shape index (κ2) is 10.9. The van der Waals surface area contributed by atoms with Crippen LogP contribution in [0, 0.1) is 39.4 Å². The highest BCUT2D eigenvalue weighted by atomic mass is 16.6. The van der Waals surface area contributed by atoms with E-state index in [0.717, 1.165) is 56.1 Å². The van der Waals surface area contributed by atoms with Gasteiger partial charge in [0.25, 0.3) is 0 Å². The normalized spacial score (nSPS) is 44.1. The maximum atomic E-state index is 13.5. The fraction of sp³-hybridized carbons (Fsp3) is 0.857. The molecule has 3 saturated carbocycles. The molecule has 5 aliphatic rings. The molecule has 0 aromatic heterocycles. The monoisotopic (exact) mass is 586 g/mol. The lowest BCUT2D eigenvalue weighted by Crippen LogP contribution is -2.67. The molecule has 42 heavy (non-hydrogen) atoms. The van der Waals surface area contributed by atoms with E-state index in [4.69, 9.17) is 14.2 Å². The summed E-state index contributed by atoms with van der Waals surface area (Å²) < 4.78 is 18.2. The largest absolute Gasteiger partial charge is 0.462 e. The smallest absolute Gasteiger partial charge is 0.335 e. The van der Waals surface area contributed by atoms with Crippen molar-refractivity contribution in [1.82, 2.24) is 0 Å². The predicted octanol–water partition coefficient (Wildman–Crippen LogP) is 6.69. The summed E-state index contributed by atoms with van der Waals surface area (Å²) in [4.78, 5) is 39.1. The third kappa shape index (κ3) is 4.57. The number of aliphatic hydroxyl groups excluding tert-OH is 1. The summed E-state index contributed by atoms with van der Waals surface area (Å²) >= 11 is 0. The first-order valence-electron chi connectivity index (χ1n) is 16.7. The Labute approximate surface area is 252 Å². The van der Waals surface area contributed by atoms with Crippen molar-refractivity contribution in [3.05, 3.63) is 11.1 Å². The van der Waals surface area contributed by atoms with Crippen molar-refractivity contribution in [2.75, 3.05) is 0 Å². The second-order valence-electron chi connectivity index (χ2n) is 15.3. The fourth-order valence-electron chi connectivity index (χ4n) is 11.1. The highest BCUT2D eigenvalue weighted by molar-refractivity contribution is 5.94. The molecule has 1 aliphatic heterocycles. The van der Waals surface area contributed by atoms with Gasteiger partial charge in [0.2, 0.25) is 0 Å². The molecule has 1 N–H and O–H groups in total. The number of esters is 3. The Balaban J connectivity index is 1.57. The number of hydrogen-bond acceptors (Lipinski definition) is 7. The molecule has 236 valence electrons. The standard InChI is InChI=1S/C35H54O7/c1-9-22(36)18-29(38)42-27-19-26-33(6)16-11-15-32(5,21(4)41-28(37)10-2)24(33)14-17-34(26,7)25-13-12-23-20(3)40-31(39)30(23)35(25,27)8/h20-22,24-27,36H,9-19H2,1-8H3/t20-,21+,22?,24+,25+,26-,27+,32-,33+,34+,35-/m1/s1. The minimum absolute atomic E-state index is 0.0278. The topological polar surface area (TPSA) is 99.1 Å². The summed E-state index contributed by atoms with van der Waals surface area (Å²) in [6.45, 7) is 17.1. The number of carbonyl (C=O) groups is 3. The van der Waals surface area contributed by atoms with Gasteiger partial charge in [0.15, 0.2) is 0 Å². The zero-order chi connectivity index (χ0) is 30.8. The average Bonchev–Trinajstić information content (AvgIpc) is 3.23. The molecular formula is C35H54O7. The molecule has 0 spiro atoms. The van der Waals surface area contributed by atoms with E-state index >= 15 is 0 Å². The maximum Gasteiger partial charge on any atom is 0.335 e. The van der Waals surface area contributed by atoms with Crippen LogP contribution in [0.1, 0.15) is 126 Å². The lowest BCUT2D eigenvalue weighted by atomic mass is 9.34. The Kier molecular flexibility index (Phi) is 8.20. The van der Waals surface area contributed by atoms with Gasteiger partial charge in [-0.05, 0) is 99.4 Å². The number of aliphatic hydroxyl groups is 1. The summed E-state index contributed by atoms with van der Waals surface area (Å²) in [5.41, 5.74) is 0.980. The zero-order valence-corrected chi connectivity index (χ0v) is 27.2. The van der Waals surface area contributed by atoms with Crippen molar-refractivity contribution in [3.63, 3.8) is 0 Å². The molecule has 0 bridgehead atoms. The van der Waals surface area contributed by atoms with Gasteiger partial charge in [-0.3, -0.25) is 9.59 Å². The highest BCUT2D eigenvalue weighted by Gasteiger charge is 2.70. The molecule has 1 heterocycles. The van der Waals surface area contributed by atoms with Crippen LogP contribution in [0.15, 0.2) is 11.1 Å². The Bertz CT molecular complexity index is 1140. The van der Waals surface area contributed by atoms with Crippen LogP contribution in [0.4, 0.5) is 0 Å². The van der Waals surface area contributed by atoms with Crippen LogP contribution >= 0.6 is 0 Å². The average molecular weight is 587 g/mol. The van der Waals surface area contributed by atoms with E-state index in [9.17, 15) is 19.5 Å². The van der Waals surface area contributed by atoms with Gasteiger partial charge in [-0.15, -0.1) is 0 Å². The molecular weight excluding hydrogens is 532 g/mol. The molecule has 0 aromatic rings. The molecule has 7 nitrogen and oxygen atoms in total. The quantitative estimate of drug-likeness (QED) is 0.262. The fourth-order valence-corrected chi connectivity index (χ4v) is 11.1.